The van der Waals surface area contributed by atoms with Gasteiger partial charge in [-0.3, -0.25) is 4.79 Å². The quantitative estimate of drug-likeness (QED) is 0.657. The normalized spacial score (nSPS) is 11.1. The summed E-state index contributed by atoms with van der Waals surface area (Å²) in [5.74, 6) is -0.310. The maximum absolute atomic E-state index is 12.0. The fourth-order valence-electron chi connectivity index (χ4n) is 1.69. The molecule has 1 heterocycles. The first-order chi connectivity index (χ1) is 11.7. The number of rotatable bonds is 8. The van der Waals surface area contributed by atoms with Crippen LogP contribution in [0.1, 0.15) is 25.8 Å². The van der Waals surface area contributed by atoms with E-state index in [0.29, 0.717) is 5.56 Å². The molecule has 7 nitrogen and oxygen atoms in total. The zero-order chi connectivity index (χ0) is 18.9. The van der Waals surface area contributed by atoms with Crippen molar-refractivity contribution in [3.63, 3.8) is 0 Å². The van der Waals surface area contributed by atoms with E-state index < -0.39 is 18.8 Å². The van der Waals surface area contributed by atoms with Gasteiger partial charge in [-0.15, -0.1) is 0 Å². The Balaban J connectivity index is 2.26. The lowest BCUT2D eigenvalue weighted by Gasteiger charge is -2.10. The highest BCUT2D eigenvalue weighted by Crippen LogP contribution is 2.16. The summed E-state index contributed by atoms with van der Waals surface area (Å²) >= 11 is 0. The second kappa shape index (κ2) is 9.70. The minimum atomic E-state index is -4.42. The summed E-state index contributed by atoms with van der Waals surface area (Å²) in [6.07, 6.45) is -2.95. The molecule has 0 aliphatic rings. The van der Waals surface area contributed by atoms with E-state index >= 15 is 0 Å². The molecular formula is C15H21F3N4O3. The Morgan fingerprint density at radius 2 is 1.96 bits per heavy atom. The van der Waals surface area contributed by atoms with Crippen LogP contribution >= 0.6 is 0 Å². The number of ether oxygens (including phenoxy) is 1. The van der Waals surface area contributed by atoms with E-state index in [1.807, 2.05) is 13.8 Å². The van der Waals surface area contributed by atoms with E-state index in [9.17, 15) is 22.8 Å². The highest BCUT2D eigenvalue weighted by atomic mass is 19.4. The van der Waals surface area contributed by atoms with Crippen LogP contribution in [-0.2, 0) is 11.3 Å². The molecule has 0 unspecified atom stereocenters. The lowest BCUT2D eigenvalue weighted by Crippen LogP contribution is -2.38. The number of aromatic nitrogens is 1. The summed E-state index contributed by atoms with van der Waals surface area (Å²) in [5, 5.41) is 7.77. The number of hydrogen-bond donors (Lipinski definition) is 3. The summed E-state index contributed by atoms with van der Waals surface area (Å²) in [6, 6.07) is 2.36. The number of carbonyl (C=O) groups excluding carboxylic acids is 2. The second-order valence-corrected chi connectivity index (χ2v) is 5.49. The van der Waals surface area contributed by atoms with Gasteiger partial charge in [-0.05, 0) is 19.4 Å². The summed E-state index contributed by atoms with van der Waals surface area (Å²) < 4.78 is 40.5. The molecule has 3 N–H and O–H groups in total. The molecule has 3 amide bonds. The summed E-state index contributed by atoms with van der Waals surface area (Å²) in [7, 11) is 0. The van der Waals surface area contributed by atoms with Gasteiger partial charge in [0.05, 0.1) is 0 Å². The largest absolute Gasteiger partial charge is 0.468 e. The number of nitrogens with one attached hydrogen (secondary N) is 3. The van der Waals surface area contributed by atoms with Gasteiger partial charge < -0.3 is 20.7 Å². The van der Waals surface area contributed by atoms with Gasteiger partial charge in [0.15, 0.2) is 6.61 Å². The molecule has 25 heavy (non-hydrogen) atoms. The summed E-state index contributed by atoms with van der Waals surface area (Å²) in [5.41, 5.74) is 0.590. The van der Waals surface area contributed by atoms with Crippen LogP contribution in [0.4, 0.5) is 18.0 Å². The van der Waals surface area contributed by atoms with Gasteiger partial charge >= 0.3 is 12.2 Å². The first-order valence-electron chi connectivity index (χ1n) is 7.61. The maximum Gasteiger partial charge on any atom is 0.422 e. The van der Waals surface area contributed by atoms with Gasteiger partial charge in [-0.1, -0.05) is 6.07 Å². The molecule has 0 aliphatic heterocycles. The number of hydrogen-bond acceptors (Lipinski definition) is 4. The number of halogens is 3. The van der Waals surface area contributed by atoms with E-state index in [0.717, 1.165) is 0 Å². The molecule has 140 valence electrons. The predicted molar refractivity (Wildman–Crippen MR) is 83.9 cm³/mol. The van der Waals surface area contributed by atoms with E-state index in [4.69, 9.17) is 0 Å². The van der Waals surface area contributed by atoms with E-state index in [-0.39, 0.29) is 37.3 Å². The average molecular weight is 362 g/mol. The number of amides is 3. The Morgan fingerprint density at radius 3 is 2.52 bits per heavy atom. The minimum absolute atomic E-state index is 0.0388. The lowest BCUT2D eigenvalue weighted by atomic mass is 10.3. The molecular weight excluding hydrogens is 341 g/mol. The average Bonchev–Trinajstić information content (AvgIpc) is 2.50. The number of pyridine rings is 1. The molecule has 10 heteroatoms. The molecule has 0 aromatic carbocycles. The van der Waals surface area contributed by atoms with Crippen LogP contribution in [0.25, 0.3) is 0 Å². The van der Waals surface area contributed by atoms with Crippen LogP contribution in [-0.4, -0.2) is 42.3 Å². The highest BCUT2D eigenvalue weighted by Gasteiger charge is 2.28. The third-order valence-corrected chi connectivity index (χ3v) is 2.72. The van der Waals surface area contributed by atoms with Gasteiger partial charge in [0.2, 0.25) is 11.8 Å². The number of urea groups is 1. The maximum atomic E-state index is 12.0. The van der Waals surface area contributed by atoms with Crippen LogP contribution in [0, 0.1) is 0 Å². The zero-order valence-corrected chi connectivity index (χ0v) is 13.9. The molecule has 1 aromatic heterocycles. The van der Waals surface area contributed by atoms with Crippen molar-refractivity contribution in [3.05, 3.63) is 23.9 Å². The van der Waals surface area contributed by atoms with Crippen molar-refractivity contribution in [3.8, 4) is 5.88 Å². The van der Waals surface area contributed by atoms with Crippen LogP contribution in [0.2, 0.25) is 0 Å². The van der Waals surface area contributed by atoms with Crippen molar-refractivity contribution >= 4 is 11.9 Å². The molecule has 0 spiro atoms. The SMILES string of the molecule is CC(C)NC(=O)CCNC(=O)NCc1ccc(OCC(F)(F)F)nc1. The van der Waals surface area contributed by atoms with Crippen LogP contribution in [0.5, 0.6) is 5.88 Å². The highest BCUT2D eigenvalue weighted by molar-refractivity contribution is 5.78. The summed E-state index contributed by atoms with van der Waals surface area (Å²) in [6.45, 7) is 2.59. The monoisotopic (exact) mass is 362 g/mol. The number of carbonyl (C=O) groups is 2. The van der Waals surface area contributed by atoms with Gasteiger partial charge in [-0.25, -0.2) is 9.78 Å². The molecule has 1 aromatic rings. The Kier molecular flexibility index (Phi) is 7.96. The van der Waals surface area contributed by atoms with Crippen molar-refractivity contribution in [1.82, 2.24) is 20.9 Å². The molecule has 1 rings (SSSR count). The Labute approximate surface area is 143 Å². The van der Waals surface area contributed by atoms with Crippen molar-refractivity contribution in [2.45, 2.75) is 39.0 Å². The fourth-order valence-corrected chi connectivity index (χ4v) is 1.69. The van der Waals surface area contributed by atoms with Gasteiger partial charge in [0, 0.05) is 37.8 Å². The minimum Gasteiger partial charge on any atom is -0.468 e. The predicted octanol–water partition coefficient (Wildman–Crippen LogP) is 1.74. The Morgan fingerprint density at radius 1 is 1.24 bits per heavy atom. The Bertz CT molecular complexity index is 562. The van der Waals surface area contributed by atoms with Crippen LogP contribution in [0.15, 0.2) is 18.3 Å². The third-order valence-electron chi connectivity index (χ3n) is 2.72. The van der Waals surface area contributed by atoms with Crippen LogP contribution in [0.3, 0.4) is 0 Å². The zero-order valence-electron chi connectivity index (χ0n) is 13.9. The van der Waals surface area contributed by atoms with Gasteiger partial charge in [-0.2, -0.15) is 13.2 Å². The molecule has 0 saturated heterocycles. The fraction of sp³-hybridized carbons (Fsp3) is 0.533. The molecule has 0 fully saturated rings. The van der Waals surface area contributed by atoms with Crippen molar-refractivity contribution in [2.24, 2.45) is 0 Å². The van der Waals surface area contributed by atoms with E-state index in [1.165, 1.54) is 18.3 Å². The van der Waals surface area contributed by atoms with Crippen molar-refractivity contribution in [1.29, 1.82) is 0 Å². The summed E-state index contributed by atoms with van der Waals surface area (Å²) in [4.78, 5) is 26.7. The molecule has 0 bridgehead atoms. The molecule has 0 saturated carbocycles. The smallest absolute Gasteiger partial charge is 0.422 e. The topological polar surface area (TPSA) is 92.4 Å². The molecule has 0 atom stereocenters. The van der Waals surface area contributed by atoms with Crippen molar-refractivity contribution < 1.29 is 27.5 Å². The number of alkyl halides is 3. The second-order valence-electron chi connectivity index (χ2n) is 5.49. The lowest BCUT2D eigenvalue weighted by molar-refractivity contribution is -0.154. The van der Waals surface area contributed by atoms with Crippen molar-refractivity contribution in [2.75, 3.05) is 13.2 Å². The first kappa shape index (κ1) is 20.5. The van der Waals surface area contributed by atoms with Gasteiger partial charge in [0.1, 0.15) is 0 Å². The van der Waals surface area contributed by atoms with Crippen LogP contribution < -0.4 is 20.7 Å². The molecule has 0 aliphatic carbocycles. The van der Waals surface area contributed by atoms with Gasteiger partial charge in [0.25, 0.3) is 0 Å². The molecule has 0 radical (unpaired) electrons. The first-order valence-corrected chi connectivity index (χ1v) is 7.61. The van der Waals surface area contributed by atoms with E-state index in [1.54, 1.807) is 0 Å². The Hall–Kier alpha value is -2.52. The van der Waals surface area contributed by atoms with E-state index in [2.05, 4.69) is 25.7 Å². The standard InChI is InChI=1S/C15H21F3N4O3/c1-10(2)22-12(23)5-6-19-14(24)21-8-11-3-4-13(20-7-11)25-9-15(16,17)18/h3-4,7,10H,5-6,8-9H2,1-2H3,(H,22,23)(H2,19,21,24). The third kappa shape index (κ3) is 10.0. The number of nitrogens with zero attached hydrogens (tertiary/aromatic N) is 1.